The van der Waals surface area contributed by atoms with Crippen molar-refractivity contribution in [1.29, 1.82) is 0 Å². The number of amides is 1. The Labute approximate surface area is 206 Å². The lowest BCUT2D eigenvalue weighted by Crippen LogP contribution is -2.46. The summed E-state index contributed by atoms with van der Waals surface area (Å²) in [5.41, 5.74) is 0.0655. The Bertz CT molecular complexity index is 1230. The van der Waals surface area contributed by atoms with E-state index in [0.29, 0.717) is 22.6 Å². The van der Waals surface area contributed by atoms with Crippen LogP contribution in [0.15, 0.2) is 42.5 Å². The van der Waals surface area contributed by atoms with Crippen molar-refractivity contribution in [2.75, 3.05) is 0 Å². The van der Waals surface area contributed by atoms with Crippen LogP contribution in [0.25, 0.3) is 22.8 Å². The minimum Gasteiger partial charge on any atom is -0.479 e. The molecule has 0 spiro atoms. The van der Waals surface area contributed by atoms with Crippen molar-refractivity contribution in [3.05, 3.63) is 58.6 Å². The summed E-state index contributed by atoms with van der Waals surface area (Å²) in [6.07, 6.45) is -3.82. The van der Waals surface area contributed by atoms with Gasteiger partial charge in [-0.1, -0.05) is 49.7 Å². The van der Waals surface area contributed by atoms with Gasteiger partial charge in [0, 0.05) is 17.7 Å². The number of benzene rings is 2. The maximum atomic E-state index is 13.1. The van der Waals surface area contributed by atoms with Gasteiger partial charge >= 0.3 is 12.2 Å². The van der Waals surface area contributed by atoms with Crippen molar-refractivity contribution in [2.45, 2.75) is 46.8 Å². The highest BCUT2D eigenvalue weighted by Gasteiger charge is 2.52. The number of carbonyl (C=O) groups is 1. The Hall–Kier alpha value is -3.20. The number of halogens is 4. The van der Waals surface area contributed by atoms with Gasteiger partial charge in [0.05, 0.1) is 5.02 Å². The number of hydrogen-bond acceptors (Lipinski definition) is 5. The van der Waals surface area contributed by atoms with Crippen LogP contribution in [0, 0.1) is 11.3 Å². The van der Waals surface area contributed by atoms with Gasteiger partial charge in [-0.3, -0.25) is 4.79 Å². The standard InChI is InChI=1S/C25H26ClF3N4O2/c1-14(2)10-15-6-5-7-17(11-15)20-31-21(33-23(35)32-20)18-12-16(8-9-19(18)26)13-30-22(34)24(3,4)25(27,28)29/h5-9,11-12,14H,10,13H2,1-4H3,(H,30,34)(H,31,32,33,35). The van der Waals surface area contributed by atoms with Crippen LogP contribution >= 0.6 is 11.6 Å². The minimum absolute atomic E-state index is 0.0931. The van der Waals surface area contributed by atoms with E-state index in [9.17, 15) is 23.1 Å². The second kappa shape index (κ2) is 10.2. The summed E-state index contributed by atoms with van der Waals surface area (Å²) < 4.78 is 39.4. The highest BCUT2D eigenvalue weighted by Crippen LogP contribution is 2.37. The van der Waals surface area contributed by atoms with Crippen LogP contribution in [-0.2, 0) is 17.8 Å². The first-order chi connectivity index (χ1) is 16.3. The molecule has 1 heterocycles. The predicted octanol–water partition coefficient (Wildman–Crippen LogP) is 5.97. The zero-order valence-corrected chi connectivity index (χ0v) is 20.5. The van der Waals surface area contributed by atoms with Crippen molar-refractivity contribution in [2.24, 2.45) is 11.3 Å². The first-order valence-electron chi connectivity index (χ1n) is 11.0. The minimum atomic E-state index is -4.69. The van der Waals surface area contributed by atoms with Crippen molar-refractivity contribution in [3.63, 3.8) is 0 Å². The highest BCUT2D eigenvalue weighted by molar-refractivity contribution is 6.33. The van der Waals surface area contributed by atoms with E-state index in [1.807, 2.05) is 24.3 Å². The van der Waals surface area contributed by atoms with E-state index in [0.717, 1.165) is 25.8 Å². The molecule has 0 fully saturated rings. The second-order valence-corrected chi connectivity index (χ2v) is 9.61. The molecule has 186 valence electrons. The fraction of sp³-hybridized carbons (Fsp3) is 0.360. The summed E-state index contributed by atoms with van der Waals surface area (Å²) >= 11 is 6.34. The maximum absolute atomic E-state index is 13.1. The Kier molecular flexibility index (Phi) is 7.69. The Morgan fingerprint density at radius 3 is 2.37 bits per heavy atom. The third-order valence-corrected chi connectivity index (χ3v) is 5.78. The van der Waals surface area contributed by atoms with Gasteiger partial charge in [-0.15, -0.1) is 0 Å². The van der Waals surface area contributed by atoms with Crippen molar-refractivity contribution < 1.29 is 23.1 Å². The number of nitrogens with one attached hydrogen (secondary N) is 1. The monoisotopic (exact) mass is 506 g/mol. The first kappa shape index (κ1) is 26.4. The summed E-state index contributed by atoms with van der Waals surface area (Å²) in [7, 11) is 0. The van der Waals surface area contributed by atoms with E-state index in [4.69, 9.17) is 11.6 Å². The van der Waals surface area contributed by atoms with Gasteiger partial charge in [-0.05, 0) is 55.5 Å². The molecule has 2 N–H and O–H groups in total. The molecule has 0 bridgehead atoms. The fourth-order valence-electron chi connectivity index (χ4n) is 3.31. The SMILES string of the molecule is CC(C)Cc1cccc(-c2nc(O)nc(-c3cc(CNC(=O)C(C)(C)C(F)(F)F)ccc3Cl)n2)c1. The molecule has 0 saturated carbocycles. The number of nitrogens with zero attached hydrogens (tertiary/aromatic N) is 3. The molecule has 10 heteroatoms. The van der Waals surface area contributed by atoms with Gasteiger partial charge in [-0.2, -0.15) is 23.1 Å². The predicted molar refractivity (Wildman–Crippen MR) is 128 cm³/mol. The van der Waals surface area contributed by atoms with Gasteiger partial charge < -0.3 is 10.4 Å². The quantitative estimate of drug-likeness (QED) is 0.412. The molecule has 1 aromatic heterocycles. The molecule has 35 heavy (non-hydrogen) atoms. The second-order valence-electron chi connectivity index (χ2n) is 9.20. The molecule has 0 aliphatic rings. The zero-order valence-electron chi connectivity index (χ0n) is 19.7. The zero-order chi connectivity index (χ0) is 26.0. The van der Waals surface area contributed by atoms with Crippen molar-refractivity contribution in [3.8, 4) is 28.8 Å². The molecule has 3 rings (SSSR count). The summed E-state index contributed by atoms with van der Waals surface area (Å²) in [6.45, 7) is 5.70. The van der Waals surface area contributed by atoms with Crippen LogP contribution in [0.1, 0.15) is 38.8 Å². The topological polar surface area (TPSA) is 88.0 Å². The molecule has 1 amide bonds. The average Bonchev–Trinajstić information content (AvgIpc) is 2.76. The molecule has 2 aromatic carbocycles. The van der Waals surface area contributed by atoms with Gasteiger partial charge in [0.15, 0.2) is 11.6 Å². The number of rotatable bonds is 7. The van der Waals surface area contributed by atoms with E-state index in [1.54, 1.807) is 12.1 Å². The van der Waals surface area contributed by atoms with Gasteiger partial charge in [-0.25, -0.2) is 4.98 Å². The maximum Gasteiger partial charge on any atom is 0.402 e. The van der Waals surface area contributed by atoms with Crippen LogP contribution in [-0.4, -0.2) is 32.1 Å². The normalized spacial score (nSPS) is 12.1. The third kappa shape index (κ3) is 6.28. The van der Waals surface area contributed by atoms with Crippen LogP contribution in [0.4, 0.5) is 13.2 Å². The average molecular weight is 507 g/mol. The van der Waals surface area contributed by atoms with Crippen molar-refractivity contribution >= 4 is 17.5 Å². The summed E-state index contributed by atoms with van der Waals surface area (Å²) in [5, 5.41) is 12.7. The van der Waals surface area contributed by atoms with Crippen molar-refractivity contribution in [1.82, 2.24) is 20.3 Å². The van der Waals surface area contributed by atoms with E-state index >= 15 is 0 Å². The van der Waals surface area contributed by atoms with E-state index in [2.05, 4.69) is 34.1 Å². The van der Waals surface area contributed by atoms with Gasteiger partial charge in [0.25, 0.3) is 0 Å². The van der Waals surface area contributed by atoms with Crippen LogP contribution in [0.3, 0.4) is 0 Å². The van der Waals surface area contributed by atoms with Crippen LogP contribution < -0.4 is 5.32 Å². The molecule has 0 atom stereocenters. The van der Waals surface area contributed by atoms with Gasteiger partial charge in [0.2, 0.25) is 5.91 Å². The number of aromatic nitrogens is 3. The Morgan fingerprint density at radius 1 is 1.03 bits per heavy atom. The summed E-state index contributed by atoms with van der Waals surface area (Å²) in [5.74, 6) is -0.352. The Morgan fingerprint density at radius 2 is 1.71 bits per heavy atom. The highest BCUT2D eigenvalue weighted by atomic mass is 35.5. The lowest BCUT2D eigenvalue weighted by Gasteiger charge is -2.26. The summed E-state index contributed by atoms with van der Waals surface area (Å²) in [6, 6.07) is 11.8. The largest absolute Gasteiger partial charge is 0.479 e. The smallest absolute Gasteiger partial charge is 0.402 e. The molecule has 0 radical (unpaired) electrons. The van der Waals surface area contributed by atoms with Crippen LogP contribution in [0.2, 0.25) is 5.02 Å². The van der Waals surface area contributed by atoms with Gasteiger partial charge in [0.1, 0.15) is 5.41 Å². The molecule has 6 nitrogen and oxygen atoms in total. The Balaban J connectivity index is 1.90. The number of aromatic hydroxyl groups is 1. The van der Waals surface area contributed by atoms with E-state index < -0.39 is 23.5 Å². The first-order valence-corrected chi connectivity index (χ1v) is 11.3. The lowest BCUT2D eigenvalue weighted by molar-refractivity contribution is -0.211. The third-order valence-electron chi connectivity index (χ3n) is 5.45. The van der Waals surface area contributed by atoms with E-state index in [-0.39, 0.29) is 23.2 Å². The molecule has 0 saturated heterocycles. The summed E-state index contributed by atoms with van der Waals surface area (Å²) in [4.78, 5) is 24.6. The molecule has 0 unspecified atom stereocenters. The lowest BCUT2D eigenvalue weighted by atomic mass is 9.91. The molecule has 3 aromatic rings. The molecule has 0 aliphatic heterocycles. The number of alkyl halides is 3. The number of carbonyl (C=O) groups excluding carboxylic acids is 1. The fourth-order valence-corrected chi connectivity index (χ4v) is 3.51. The number of hydrogen-bond donors (Lipinski definition) is 2. The molecular formula is C25H26ClF3N4O2. The molecule has 0 aliphatic carbocycles. The van der Waals surface area contributed by atoms with E-state index in [1.165, 1.54) is 6.07 Å². The van der Waals surface area contributed by atoms with Crippen LogP contribution in [0.5, 0.6) is 6.01 Å². The molecular weight excluding hydrogens is 481 g/mol.